The van der Waals surface area contributed by atoms with Crippen LogP contribution >= 0.6 is 0 Å². The fraction of sp³-hybridized carbons (Fsp3) is 0.259. The van der Waals surface area contributed by atoms with E-state index in [9.17, 15) is 14.0 Å². The van der Waals surface area contributed by atoms with Crippen LogP contribution < -0.4 is 9.47 Å². The van der Waals surface area contributed by atoms with Gasteiger partial charge in [0.15, 0.2) is 28.6 Å². The summed E-state index contributed by atoms with van der Waals surface area (Å²) < 4.78 is 25.6. The average Bonchev–Trinajstić information content (AvgIpc) is 3.42. The Morgan fingerprint density at radius 2 is 1.59 bits per heavy atom. The standard InChI is InChI=1S/C27H23FN2O4/c28-21-8-4-7-20-24(21)26(32)27(25(20)31,19-5-2-1-3-6-19)30-13-11-29(12-14-30)16-18-9-10-22-23(15-18)34-17-33-22/h1-10,15H,11-14,16-17H2. The summed E-state index contributed by atoms with van der Waals surface area (Å²) in [5, 5.41) is 0. The largest absolute Gasteiger partial charge is 0.454 e. The summed E-state index contributed by atoms with van der Waals surface area (Å²) in [6.45, 7) is 3.31. The molecule has 0 saturated carbocycles. The maximum Gasteiger partial charge on any atom is 0.231 e. The van der Waals surface area contributed by atoms with Crippen LogP contribution in [-0.2, 0) is 12.1 Å². The molecule has 1 unspecified atom stereocenters. The van der Waals surface area contributed by atoms with Crippen LogP contribution in [0.2, 0.25) is 0 Å². The molecule has 0 bridgehead atoms. The summed E-state index contributed by atoms with van der Waals surface area (Å²) in [6.07, 6.45) is 0. The highest BCUT2D eigenvalue weighted by Gasteiger charge is 2.59. The number of benzene rings is 3. The molecule has 6 rings (SSSR count). The van der Waals surface area contributed by atoms with Gasteiger partial charge in [-0.3, -0.25) is 19.4 Å². The van der Waals surface area contributed by atoms with E-state index in [1.54, 1.807) is 18.2 Å². The predicted octanol–water partition coefficient (Wildman–Crippen LogP) is 3.65. The SMILES string of the molecule is O=C1c2cccc(F)c2C(=O)C1(c1ccccc1)N1CCN(Cc2ccc3c(c2)OCO3)CC1. The molecule has 172 valence electrons. The van der Waals surface area contributed by atoms with Crippen LogP contribution in [0.5, 0.6) is 11.5 Å². The van der Waals surface area contributed by atoms with Gasteiger partial charge in [-0.15, -0.1) is 0 Å². The summed E-state index contributed by atoms with van der Waals surface area (Å²) in [5.74, 6) is 0.0445. The summed E-state index contributed by atoms with van der Waals surface area (Å²) in [6, 6.07) is 19.3. The van der Waals surface area contributed by atoms with E-state index in [1.165, 1.54) is 12.1 Å². The van der Waals surface area contributed by atoms with Crippen LogP contribution in [-0.4, -0.2) is 54.3 Å². The normalized spacial score (nSPS) is 22.3. The maximum absolute atomic E-state index is 14.7. The first kappa shape index (κ1) is 21.0. The highest BCUT2D eigenvalue weighted by Crippen LogP contribution is 2.43. The number of halogens is 1. The van der Waals surface area contributed by atoms with Crippen LogP contribution in [0.25, 0.3) is 0 Å². The van der Waals surface area contributed by atoms with Crippen molar-refractivity contribution in [2.24, 2.45) is 0 Å². The van der Waals surface area contributed by atoms with E-state index in [1.807, 2.05) is 41.3 Å². The topological polar surface area (TPSA) is 59.1 Å². The Hall–Kier alpha value is -3.55. The van der Waals surface area contributed by atoms with Gasteiger partial charge < -0.3 is 9.47 Å². The van der Waals surface area contributed by atoms with Crippen molar-refractivity contribution in [2.45, 2.75) is 12.1 Å². The molecule has 0 spiro atoms. The number of ketones is 2. The summed E-state index contributed by atoms with van der Waals surface area (Å²) in [7, 11) is 0. The first-order valence-corrected chi connectivity index (χ1v) is 11.4. The minimum Gasteiger partial charge on any atom is -0.454 e. The molecule has 0 amide bonds. The summed E-state index contributed by atoms with van der Waals surface area (Å²) in [5.41, 5.74) is 0.231. The van der Waals surface area contributed by atoms with E-state index in [0.717, 1.165) is 23.6 Å². The molecule has 3 aromatic rings. The monoisotopic (exact) mass is 458 g/mol. The Morgan fingerprint density at radius 3 is 2.35 bits per heavy atom. The van der Waals surface area contributed by atoms with Crippen molar-refractivity contribution in [1.82, 2.24) is 9.80 Å². The molecule has 1 fully saturated rings. The molecule has 1 atom stereocenters. The van der Waals surface area contributed by atoms with Gasteiger partial charge in [-0.2, -0.15) is 0 Å². The first-order chi connectivity index (χ1) is 16.6. The predicted molar refractivity (Wildman–Crippen MR) is 123 cm³/mol. The number of hydrogen-bond acceptors (Lipinski definition) is 6. The molecule has 2 heterocycles. The first-order valence-electron chi connectivity index (χ1n) is 11.4. The number of carbonyl (C=O) groups is 2. The molecule has 34 heavy (non-hydrogen) atoms. The van der Waals surface area contributed by atoms with E-state index in [2.05, 4.69) is 4.90 Å². The summed E-state index contributed by atoms with van der Waals surface area (Å²) >= 11 is 0. The maximum atomic E-state index is 14.7. The Kier molecular flexibility index (Phi) is 4.97. The van der Waals surface area contributed by atoms with Gasteiger partial charge in [0.1, 0.15) is 5.82 Å². The Balaban J connectivity index is 1.29. The molecule has 7 heteroatoms. The van der Waals surface area contributed by atoms with Crippen molar-refractivity contribution in [2.75, 3.05) is 33.0 Å². The molecular formula is C27H23FN2O4. The van der Waals surface area contributed by atoms with Gasteiger partial charge in [0, 0.05) is 38.3 Å². The second kappa shape index (κ2) is 8.04. The van der Waals surface area contributed by atoms with Crippen molar-refractivity contribution in [3.05, 3.63) is 94.8 Å². The lowest BCUT2D eigenvalue weighted by atomic mass is 9.82. The minimum absolute atomic E-state index is 0.0980. The molecule has 0 N–H and O–H groups in total. The molecule has 3 aliphatic rings. The second-order valence-corrected chi connectivity index (χ2v) is 8.85. The number of rotatable bonds is 4. The number of nitrogens with zero attached hydrogens (tertiary/aromatic N) is 2. The van der Waals surface area contributed by atoms with Gasteiger partial charge in [-0.25, -0.2) is 4.39 Å². The van der Waals surface area contributed by atoms with Crippen LogP contribution in [0.15, 0.2) is 66.7 Å². The van der Waals surface area contributed by atoms with Gasteiger partial charge in [-0.1, -0.05) is 48.5 Å². The zero-order valence-corrected chi connectivity index (χ0v) is 18.5. The van der Waals surface area contributed by atoms with Crippen molar-refractivity contribution in [3.8, 4) is 11.5 Å². The van der Waals surface area contributed by atoms with E-state index >= 15 is 0 Å². The van der Waals surface area contributed by atoms with Gasteiger partial charge in [0.25, 0.3) is 0 Å². The zero-order valence-electron chi connectivity index (χ0n) is 18.5. The van der Waals surface area contributed by atoms with Crippen LogP contribution in [0, 0.1) is 5.82 Å². The van der Waals surface area contributed by atoms with Crippen molar-refractivity contribution in [3.63, 3.8) is 0 Å². The van der Waals surface area contributed by atoms with Gasteiger partial charge in [-0.05, 0) is 29.3 Å². The Bertz CT molecular complexity index is 1290. The average molecular weight is 458 g/mol. The van der Waals surface area contributed by atoms with Crippen molar-refractivity contribution < 1.29 is 23.5 Å². The number of ether oxygens (including phenoxy) is 2. The molecule has 1 aliphatic carbocycles. The quantitative estimate of drug-likeness (QED) is 0.557. The van der Waals surface area contributed by atoms with Crippen LogP contribution in [0.4, 0.5) is 4.39 Å². The van der Waals surface area contributed by atoms with E-state index in [4.69, 9.17) is 9.47 Å². The molecule has 6 nitrogen and oxygen atoms in total. The molecule has 3 aromatic carbocycles. The Labute approximate surface area is 196 Å². The number of fused-ring (bicyclic) bond motifs is 2. The fourth-order valence-electron chi connectivity index (χ4n) is 5.37. The molecule has 0 radical (unpaired) electrons. The van der Waals surface area contributed by atoms with E-state index in [0.29, 0.717) is 31.7 Å². The second-order valence-electron chi connectivity index (χ2n) is 8.85. The van der Waals surface area contributed by atoms with Gasteiger partial charge >= 0.3 is 0 Å². The van der Waals surface area contributed by atoms with Crippen LogP contribution in [0.1, 0.15) is 31.8 Å². The number of piperazine rings is 1. The highest BCUT2D eigenvalue weighted by atomic mass is 19.1. The van der Waals surface area contributed by atoms with Crippen molar-refractivity contribution in [1.29, 1.82) is 0 Å². The number of hydrogen-bond donors (Lipinski definition) is 0. The smallest absolute Gasteiger partial charge is 0.231 e. The third-order valence-corrected chi connectivity index (χ3v) is 7.02. The third kappa shape index (κ3) is 3.08. The van der Waals surface area contributed by atoms with E-state index < -0.39 is 17.1 Å². The van der Waals surface area contributed by atoms with Gasteiger partial charge in [0.2, 0.25) is 6.79 Å². The lowest BCUT2D eigenvalue weighted by Gasteiger charge is -2.44. The lowest BCUT2D eigenvalue weighted by Crippen LogP contribution is -2.60. The molecule has 2 aliphatic heterocycles. The minimum atomic E-state index is -1.53. The van der Waals surface area contributed by atoms with Crippen LogP contribution in [0.3, 0.4) is 0 Å². The van der Waals surface area contributed by atoms with E-state index in [-0.39, 0.29) is 23.7 Å². The van der Waals surface area contributed by atoms with Crippen molar-refractivity contribution >= 4 is 11.6 Å². The molecular weight excluding hydrogens is 435 g/mol. The zero-order chi connectivity index (χ0) is 23.3. The fourth-order valence-corrected chi connectivity index (χ4v) is 5.37. The third-order valence-electron chi connectivity index (χ3n) is 7.02. The Morgan fingerprint density at radius 1 is 0.824 bits per heavy atom. The molecule has 1 saturated heterocycles. The molecule has 0 aromatic heterocycles. The summed E-state index contributed by atoms with van der Waals surface area (Å²) in [4.78, 5) is 31.8. The lowest BCUT2D eigenvalue weighted by molar-refractivity contribution is 0.0278. The number of carbonyl (C=O) groups excluding carboxylic acids is 2. The number of Topliss-reactive ketones (excluding diaryl/α,β-unsaturated/α-hetero) is 2. The highest BCUT2D eigenvalue weighted by molar-refractivity contribution is 6.33. The van der Waals surface area contributed by atoms with Gasteiger partial charge in [0.05, 0.1) is 5.56 Å².